The van der Waals surface area contributed by atoms with Crippen LogP contribution in [0.2, 0.25) is 5.02 Å². The van der Waals surface area contributed by atoms with Crippen LogP contribution < -0.4 is 5.32 Å². The zero-order valence-electron chi connectivity index (χ0n) is 9.04. The van der Waals surface area contributed by atoms with Gasteiger partial charge in [0.15, 0.2) is 0 Å². The van der Waals surface area contributed by atoms with Crippen LogP contribution >= 0.6 is 11.6 Å². The lowest BCUT2D eigenvalue weighted by Gasteiger charge is -2.20. The summed E-state index contributed by atoms with van der Waals surface area (Å²) in [5.41, 5.74) is 1.04. The maximum Gasteiger partial charge on any atom is 0.0637 e. The lowest BCUT2D eigenvalue weighted by molar-refractivity contribution is 0.322. The van der Waals surface area contributed by atoms with Gasteiger partial charge in [-0.05, 0) is 38.6 Å². The Morgan fingerprint density at radius 3 is 2.93 bits per heavy atom. The van der Waals surface area contributed by atoms with E-state index in [1.165, 1.54) is 19.4 Å². The first-order chi connectivity index (χ1) is 7.27. The molecule has 0 amide bonds. The average Bonchev–Trinajstić information content (AvgIpc) is 2.63. The fourth-order valence-corrected chi connectivity index (χ4v) is 2.27. The lowest BCUT2D eigenvalue weighted by atomic mass is 10.2. The number of rotatable bonds is 3. The highest BCUT2D eigenvalue weighted by Gasteiger charge is 2.20. The number of likely N-dealkylation sites (tertiary alicyclic amines) is 1. The Bertz CT molecular complexity index is 327. The van der Waals surface area contributed by atoms with Crippen molar-refractivity contribution < 1.29 is 0 Å². The van der Waals surface area contributed by atoms with Crippen molar-refractivity contribution in [3.05, 3.63) is 29.3 Å². The average molecular weight is 225 g/mol. The summed E-state index contributed by atoms with van der Waals surface area (Å²) in [6.07, 6.45) is 2.60. The van der Waals surface area contributed by atoms with Crippen molar-refractivity contribution in [3.63, 3.8) is 0 Å². The van der Waals surface area contributed by atoms with E-state index in [-0.39, 0.29) is 0 Å². The first kappa shape index (κ1) is 10.8. The fraction of sp³-hybridized carbons (Fsp3) is 0.500. The number of hydrogen-bond acceptors (Lipinski definition) is 2. The molecule has 0 radical (unpaired) electrons. The van der Waals surface area contributed by atoms with E-state index in [1.54, 1.807) is 0 Å². The standard InChI is InChI=1S/C12H17ClN2/c1-15-8-4-5-10(15)9-14-12-7-3-2-6-11(12)13/h2-3,6-7,10,14H,4-5,8-9H2,1H3/t10-/m0/s1. The third kappa shape index (κ3) is 2.64. The molecule has 1 aliphatic rings. The molecule has 82 valence electrons. The summed E-state index contributed by atoms with van der Waals surface area (Å²) in [5.74, 6) is 0. The van der Waals surface area contributed by atoms with Crippen LogP contribution in [-0.2, 0) is 0 Å². The predicted molar refractivity (Wildman–Crippen MR) is 65.6 cm³/mol. The minimum Gasteiger partial charge on any atom is -0.382 e. The molecular weight excluding hydrogens is 208 g/mol. The molecule has 1 aromatic rings. The van der Waals surface area contributed by atoms with Gasteiger partial charge >= 0.3 is 0 Å². The molecule has 1 N–H and O–H groups in total. The molecule has 15 heavy (non-hydrogen) atoms. The van der Waals surface area contributed by atoms with E-state index in [0.717, 1.165) is 17.3 Å². The third-order valence-corrected chi connectivity index (χ3v) is 3.40. The van der Waals surface area contributed by atoms with Gasteiger partial charge in [-0.15, -0.1) is 0 Å². The second-order valence-electron chi connectivity index (χ2n) is 4.14. The number of hydrogen-bond donors (Lipinski definition) is 1. The number of para-hydroxylation sites is 1. The molecule has 0 bridgehead atoms. The third-order valence-electron chi connectivity index (χ3n) is 3.07. The predicted octanol–water partition coefficient (Wildman–Crippen LogP) is 2.85. The van der Waals surface area contributed by atoms with Crippen LogP contribution in [0.4, 0.5) is 5.69 Å². The van der Waals surface area contributed by atoms with Crippen LogP contribution in [0.15, 0.2) is 24.3 Å². The second-order valence-corrected chi connectivity index (χ2v) is 4.54. The molecule has 1 aliphatic heterocycles. The Labute approximate surface area is 96.2 Å². The molecular formula is C12H17ClN2. The van der Waals surface area contributed by atoms with Crippen molar-refractivity contribution in [2.75, 3.05) is 25.5 Å². The van der Waals surface area contributed by atoms with Gasteiger partial charge in [0.2, 0.25) is 0 Å². The first-order valence-corrected chi connectivity index (χ1v) is 5.84. The summed E-state index contributed by atoms with van der Waals surface area (Å²) in [6, 6.07) is 8.56. The van der Waals surface area contributed by atoms with E-state index in [9.17, 15) is 0 Å². The summed E-state index contributed by atoms with van der Waals surface area (Å²) < 4.78 is 0. The topological polar surface area (TPSA) is 15.3 Å². The van der Waals surface area contributed by atoms with Gasteiger partial charge in [-0.1, -0.05) is 23.7 Å². The van der Waals surface area contributed by atoms with Crippen LogP contribution in [0, 0.1) is 0 Å². The van der Waals surface area contributed by atoms with Crippen LogP contribution in [0.5, 0.6) is 0 Å². The van der Waals surface area contributed by atoms with Gasteiger partial charge in [-0.2, -0.15) is 0 Å². The Hall–Kier alpha value is -0.730. The highest BCUT2D eigenvalue weighted by atomic mass is 35.5. The molecule has 0 saturated carbocycles. The summed E-state index contributed by atoms with van der Waals surface area (Å²) in [4.78, 5) is 2.41. The second kappa shape index (κ2) is 4.86. The Morgan fingerprint density at radius 1 is 1.47 bits per heavy atom. The quantitative estimate of drug-likeness (QED) is 0.850. The zero-order chi connectivity index (χ0) is 10.7. The van der Waals surface area contributed by atoms with E-state index in [4.69, 9.17) is 11.6 Å². The van der Waals surface area contributed by atoms with Crippen LogP contribution in [0.3, 0.4) is 0 Å². The van der Waals surface area contributed by atoms with E-state index in [1.807, 2.05) is 24.3 Å². The molecule has 3 heteroatoms. The minimum atomic E-state index is 0.654. The van der Waals surface area contributed by atoms with E-state index >= 15 is 0 Å². The lowest BCUT2D eigenvalue weighted by Crippen LogP contribution is -2.31. The largest absolute Gasteiger partial charge is 0.382 e. The normalized spacial score (nSPS) is 21.9. The monoisotopic (exact) mass is 224 g/mol. The smallest absolute Gasteiger partial charge is 0.0637 e. The van der Waals surface area contributed by atoms with E-state index in [0.29, 0.717) is 6.04 Å². The number of nitrogens with zero attached hydrogens (tertiary/aromatic N) is 1. The summed E-state index contributed by atoms with van der Waals surface area (Å²) >= 11 is 6.07. The summed E-state index contributed by atoms with van der Waals surface area (Å²) in [5, 5.41) is 4.22. The molecule has 0 aliphatic carbocycles. The molecule has 1 atom stereocenters. The molecule has 1 heterocycles. The van der Waals surface area contributed by atoms with Gasteiger partial charge < -0.3 is 10.2 Å². The summed E-state index contributed by atoms with van der Waals surface area (Å²) in [6.45, 7) is 2.20. The minimum absolute atomic E-state index is 0.654. The molecule has 0 aromatic heterocycles. The van der Waals surface area contributed by atoms with Crippen molar-refractivity contribution in [3.8, 4) is 0 Å². The number of nitrogens with one attached hydrogen (secondary N) is 1. The number of likely N-dealkylation sites (N-methyl/N-ethyl adjacent to an activating group) is 1. The van der Waals surface area contributed by atoms with Gasteiger partial charge in [0.1, 0.15) is 0 Å². The van der Waals surface area contributed by atoms with Gasteiger partial charge in [-0.25, -0.2) is 0 Å². The molecule has 1 fully saturated rings. The Kier molecular flexibility index (Phi) is 3.49. The number of benzene rings is 1. The molecule has 2 rings (SSSR count). The van der Waals surface area contributed by atoms with Crippen molar-refractivity contribution >= 4 is 17.3 Å². The fourth-order valence-electron chi connectivity index (χ4n) is 2.07. The molecule has 1 saturated heterocycles. The van der Waals surface area contributed by atoms with E-state index < -0.39 is 0 Å². The maximum absolute atomic E-state index is 6.07. The van der Waals surface area contributed by atoms with E-state index in [2.05, 4.69) is 17.3 Å². The summed E-state index contributed by atoms with van der Waals surface area (Å²) in [7, 11) is 2.19. The highest BCUT2D eigenvalue weighted by molar-refractivity contribution is 6.33. The molecule has 1 aromatic carbocycles. The highest BCUT2D eigenvalue weighted by Crippen LogP contribution is 2.22. The van der Waals surface area contributed by atoms with Crippen molar-refractivity contribution in [1.82, 2.24) is 4.90 Å². The van der Waals surface area contributed by atoms with Gasteiger partial charge in [-0.3, -0.25) is 0 Å². The Morgan fingerprint density at radius 2 is 2.27 bits per heavy atom. The molecule has 0 spiro atoms. The molecule has 0 unspecified atom stereocenters. The van der Waals surface area contributed by atoms with Gasteiger partial charge in [0.25, 0.3) is 0 Å². The van der Waals surface area contributed by atoms with Gasteiger partial charge in [0, 0.05) is 12.6 Å². The van der Waals surface area contributed by atoms with Crippen molar-refractivity contribution in [2.45, 2.75) is 18.9 Å². The molecule has 2 nitrogen and oxygen atoms in total. The number of anilines is 1. The first-order valence-electron chi connectivity index (χ1n) is 5.46. The van der Waals surface area contributed by atoms with Crippen molar-refractivity contribution in [1.29, 1.82) is 0 Å². The van der Waals surface area contributed by atoms with Crippen LogP contribution in [0.25, 0.3) is 0 Å². The SMILES string of the molecule is CN1CCC[C@H]1CNc1ccccc1Cl. The zero-order valence-corrected chi connectivity index (χ0v) is 9.80. The maximum atomic E-state index is 6.07. The number of halogens is 1. The van der Waals surface area contributed by atoms with Crippen LogP contribution in [0.1, 0.15) is 12.8 Å². The van der Waals surface area contributed by atoms with Crippen LogP contribution in [-0.4, -0.2) is 31.1 Å². The van der Waals surface area contributed by atoms with Crippen molar-refractivity contribution in [2.24, 2.45) is 0 Å². The Balaban J connectivity index is 1.90. The van der Waals surface area contributed by atoms with Gasteiger partial charge in [0.05, 0.1) is 10.7 Å².